The molecule has 0 heterocycles. The van der Waals surface area contributed by atoms with Crippen molar-refractivity contribution >= 4 is 11.6 Å². The molecule has 1 N–H and O–H groups in total. The number of ether oxygens (including phenoxy) is 2. The van der Waals surface area contributed by atoms with Gasteiger partial charge in [0.15, 0.2) is 0 Å². The monoisotopic (exact) mass is 417 g/mol. The first-order valence-electron chi connectivity index (χ1n) is 11.1. The van der Waals surface area contributed by atoms with Crippen LogP contribution >= 0.6 is 0 Å². The smallest absolute Gasteiger partial charge is 0.259 e. The maximum Gasteiger partial charge on any atom is 0.259 e. The third kappa shape index (κ3) is 7.49. The Balaban J connectivity index is 1.50. The molecule has 0 aliphatic heterocycles. The third-order valence-electron chi connectivity index (χ3n) is 5.00. The van der Waals surface area contributed by atoms with Crippen LogP contribution in [0, 0.1) is 0 Å². The zero-order valence-electron chi connectivity index (χ0n) is 18.2. The van der Waals surface area contributed by atoms with Crippen LogP contribution in [0.1, 0.15) is 48.5 Å². The molecule has 0 bridgehead atoms. The minimum atomic E-state index is -0.179. The Morgan fingerprint density at radius 2 is 1.52 bits per heavy atom. The first-order chi connectivity index (χ1) is 15.3. The first-order valence-corrected chi connectivity index (χ1v) is 11.1. The molecular formula is C27H31NO3. The van der Waals surface area contributed by atoms with Crippen molar-refractivity contribution in [3.63, 3.8) is 0 Å². The summed E-state index contributed by atoms with van der Waals surface area (Å²) in [5, 5.41) is 2.94. The summed E-state index contributed by atoms with van der Waals surface area (Å²) >= 11 is 0. The lowest BCUT2D eigenvalue weighted by Gasteiger charge is -2.12. The minimum absolute atomic E-state index is 0.179. The van der Waals surface area contributed by atoms with Crippen LogP contribution in [-0.2, 0) is 6.42 Å². The van der Waals surface area contributed by atoms with Gasteiger partial charge in [0.25, 0.3) is 5.91 Å². The van der Waals surface area contributed by atoms with Crippen molar-refractivity contribution in [2.24, 2.45) is 0 Å². The van der Waals surface area contributed by atoms with E-state index in [0.29, 0.717) is 24.5 Å². The van der Waals surface area contributed by atoms with Crippen LogP contribution in [0.4, 0.5) is 5.69 Å². The van der Waals surface area contributed by atoms with Gasteiger partial charge in [0.2, 0.25) is 0 Å². The molecule has 3 rings (SSSR count). The van der Waals surface area contributed by atoms with Crippen molar-refractivity contribution < 1.29 is 14.3 Å². The normalized spacial score (nSPS) is 10.5. The van der Waals surface area contributed by atoms with Gasteiger partial charge >= 0.3 is 0 Å². The summed E-state index contributed by atoms with van der Waals surface area (Å²) < 4.78 is 11.7. The fourth-order valence-electron chi connectivity index (χ4n) is 3.26. The Bertz CT molecular complexity index is 923. The van der Waals surface area contributed by atoms with Gasteiger partial charge in [0.1, 0.15) is 11.5 Å². The Morgan fingerprint density at radius 3 is 2.29 bits per heavy atom. The molecule has 0 unspecified atom stereocenters. The summed E-state index contributed by atoms with van der Waals surface area (Å²) in [6, 6.07) is 25.1. The largest absolute Gasteiger partial charge is 0.493 e. The first kappa shape index (κ1) is 22.4. The summed E-state index contributed by atoms with van der Waals surface area (Å²) in [6.07, 6.45) is 5.39. The number of hydrogen-bond donors (Lipinski definition) is 1. The lowest BCUT2D eigenvalue weighted by molar-refractivity contribution is 0.102. The number of amides is 1. The van der Waals surface area contributed by atoms with Gasteiger partial charge in [-0.2, -0.15) is 0 Å². The summed E-state index contributed by atoms with van der Waals surface area (Å²) in [4.78, 5) is 12.8. The Hall–Kier alpha value is -3.27. The molecule has 4 heteroatoms. The topological polar surface area (TPSA) is 47.6 Å². The number of nitrogens with one attached hydrogen (secondary N) is 1. The second kappa shape index (κ2) is 12.4. The van der Waals surface area contributed by atoms with E-state index in [1.54, 1.807) is 6.07 Å². The average molecular weight is 418 g/mol. The van der Waals surface area contributed by atoms with Gasteiger partial charge in [-0.05, 0) is 48.4 Å². The van der Waals surface area contributed by atoms with E-state index < -0.39 is 0 Å². The maximum atomic E-state index is 12.8. The molecule has 1 amide bonds. The number of unbranched alkanes of at least 4 members (excludes halogenated alkanes) is 3. The van der Waals surface area contributed by atoms with E-state index in [4.69, 9.17) is 9.47 Å². The second-order valence-corrected chi connectivity index (χ2v) is 7.47. The van der Waals surface area contributed by atoms with Gasteiger partial charge in [-0.1, -0.05) is 68.7 Å². The van der Waals surface area contributed by atoms with Crippen LogP contribution in [-0.4, -0.2) is 19.1 Å². The van der Waals surface area contributed by atoms with Crippen LogP contribution in [0.2, 0.25) is 0 Å². The van der Waals surface area contributed by atoms with Crippen LogP contribution in [0.3, 0.4) is 0 Å². The Kier molecular flexibility index (Phi) is 8.99. The van der Waals surface area contributed by atoms with Crippen LogP contribution in [0.25, 0.3) is 0 Å². The van der Waals surface area contributed by atoms with E-state index in [1.165, 1.54) is 18.4 Å². The molecule has 0 saturated heterocycles. The summed E-state index contributed by atoms with van der Waals surface area (Å²) in [5.41, 5.74) is 2.51. The third-order valence-corrected chi connectivity index (χ3v) is 5.00. The highest BCUT2D eigenvalue weighted by Gasteiger charge is 2.12. The molecule has 4 nitrogen and oxygen atoms in total. The quantitative estimate of drug-likeness (QED) is 0.341. The molecule has 0 fully saturated rings. The van der Waals surface area contributed by atoms with Crippen molar-refractivity contribution in [1.82, 2.24) is 0 Å². The van der Waals surface area contributed by atoms with Gasteiger partial charge in [-0.15, -0.1) is 0 Å². The SMILES string of the molecule is CCCCCCOc1ccccc1C(=O)Nc1ccc(OCCc2ccccc2)cc1. The predicted octanol–water partition coefficient (Wildman–Crippen LogP) is 6.52. The van der Waals surface area contributed by atoms with E-state index in [1.807, 2.05) is 60.7 Å². The van der Waals surface area contributed by atoms with Gasteiger partial charge < -0.3 is 14.8 Å². The molecule has 3 aromatic carbocycles. The highest BCUT2D eigenvalue weighted by atomic mass is 16.5. The number of hydrogen-bond acceptors (Lipinski definition) is 3. The predicted molar refractivity (Wildman–Crippen MR) is 126 cm³/mol. The molecule has 3 aromatic rings. The molecule has 0 radical (unpaired) electrons. The Morgan fingerprint density at radius 1 is 0.774 bits per heavy atom. The fraction of sp³-hybridized carbons (Fsp3) is 0.296. The van der Waals surface area contributed by atoms with Crippen LogP contribution < -0.4 is 14.8 Å². The standard InChI is InChI=1S/C27H31NO3/c1-2-3-4-10-20-31-26-14-9-8-13-25(26)27(29)28-23-15-17-24(18-16-23)30-21-19-22-11-6-5-7-12-22/h5-9,11-18H,2-4,10,19-21H2,1H3,(H,28,29). The van der Waals surface area contributed by atoms with E-state index in [2.05, 4.69) is 24.4 Å². The molecular weight excluding hydrogens is 386 g/mol. The fourth-order valence-corrected chi connectivity index (χ4v) is 3.26. The number of carbonyl (C=O) groups excluding carboxylic acids is 1. The van der Waals surface area contributed by atoms with Gasteiger partial charge in [-0.25, -0.2) is 0 Å². The summed E-state index contributed by atoms with van der Waals surface area (Å²) in [6.45, 7) is 3.42. The van der Waals surface area contributed by atoms with E-state index in [-0.39, 0.29) is 5.91 Å². The molecule has 31 heavy (non-hydrogen) atoms. The lowest BCUT2D eigenvalue weighted by Crippen LogP contribution is -2.14. The second-order valence-electron chi connectivity index (χ2n) is 7.47. The lowest BCUT2D eigenvalue weighted by atomic mass is 10.1. The van der Waals surface area contributed by atoms with Gasteiger partial charge in [-0.3, -0.25) is 4.79 Å². The molecule has 0 aliphatic rings. The number of anilines is 1. The molecule has 0 aromatic heterocycles. The van der Waals surface area contributed by atoms with Gasteiger partial charge in [0, 0.05) is 12.1 Å². The van der Waals surface area contributed by atoms with Crippen molar-refractivity contribution in [1.29, 1.82) is 0 Å². The summed E-state index contributed by atoms with van der Waals surface area (Å²) in [7, 11) is 0. The zero-order chi connectivity index (χ0) is 21.7. The number of para-hydroxylation sites is 1. The molecule has 0 spiro atoms. The van der Waals surface area contributed by atoms with E-state index >= 15 is 0 Å². The summed E-state index contributed by atoms with van der Waals surface area (Å²) in [5.74, 6) is 1.23. The van der Waals surface area contributed by atoms with Crippen molar-refractivity contribution in [2.45, 2.75) is 39.0 Å². The zero-order valence-corrected chi connectivity index (χ0v) is 18.2. The number of carbonyl (C=O) groups is 1. The maximum absolute atomic E-state index is 12.8. The number of rotatable bonds is 12. The molecule has 0 aliphatic carbocycles. The Labute approximate surface area is 185 Å². The number of benzene rings is 3. The van der Waals surface area contributed by atoms with E-state index in [0.717, 1.165) is 30.7 Å². The van der Waals surface area contributed by atoms with E-state index in [9.17, 15) is 4.79 Å². The highest BCUT2D eigenvalue weighted by Crippen LogP contribution is 2.22. The molecule has 0 saturated carbocycles. The molecule has 0 atom stereocenters. The minimum Gasteiger partial charge on any atom is -0.493 e. The molecule has 162 valence electrons. The van der Waals surface area contributed by atoms with Crippen molar-refractivity contribution in [3.8, 4) is 11.5 Å². The van der Waals surface area contributed by atoms with Crippen LogP contribution in [0.5, 0.6) is 11.5 Å². The highest BCUT2D eigenvalue weighted by molar-refractivity contribution is 6.06. The van der Waals surface area contributed by atoms with Crippen LogP contribution in [0.15, 0.2) is 78.9 Å². The van der Waals surface area contributed by atoms with Crippen molar-refractivity contribution in [2.75, 3.05) is 18.5 Å². The van der Waals surface area contributed by atoms with Gasteiger partial charge in [0.05, 0.1) is 18.8 Å². The van der Waals surface area contributed by atoms with Crippen molar-refractivity contribution in [3.05, 3.63) is 90.0 Å². The average Bonchev–Trinajstić information content (AvgIpc) is 2.81.